The number of aromatic nitrogens is 5. The average Bonchev–Trinajstić information content (AvgIpc) is 3.48. The van der Waals surface area contributed by atoms with Gasteiger partial charge in [0.05, 0.1) is 12.3 Å². The largest absolute Gasteiger partial charge is 0.493 e. The van der Waals surface area contributed by atoms with Crippen LogP contribution >= 0.6 is 0 Å². The van der Waals surface area contributed by atoms with Crippen molar-refractivity contribution >= 4 is 5.57 Å². The van der Waals surface area contributed by atoms with E-state index in [-0.39, 0.29) is 0 Å². The van der Waals surface area contributed by atoms with Gasteiger partial charge in [-0.3, -0.25) is 0 Å². The monoisotopic (exact) mass is 441 g/mol. The molecule has 0 fully saturated rings. The average molecular weight is 442 g/mol. The number of ether oxygens (including phenoxy) is 1. The maximum atomic E-state index is 6.24. The van der Waals surface area contributed by atoms with E-state index < -0.39 is 0 Å². The van der Waals surface area contributed by atoms with Gasteiger partial charge in [0.1, 0.15) is 11.5 Å². The molecule has 0 amide bonds. The molecule has 2 aromatic heterocycles. The number of rotatable bonds is 8. The number of benzene rings is 2. The summed E-state index contributed by atoms with van der Waals surface area (Å²) >= 11 is 0. The standard InChI is InChI=1S/C26H27N5O2/c1-17-9-11-20(12-10-17)26-27-23(18(2)33-26)15-16-32-24-8-4-6-21-19(5-3-7-22(21)24)13-14-25-28-30-31-29-25/h4-6,8-12H,3,7,13-16H2,1-2H3,(H,28,29,30,31). The lowest BCUT2D eigenvalue weighted by Crippen LogP contribution is -2.08. The summed E-state index contributed by atoms with van der Waals surface area (Å²) in [6.45, 7) is 4.59. The quantitative estimate of drug-likeness (QED) is 0.411. The van der Waals surface area contributed by atoms with Crippen LogP contribution in [-0.4, -0.2) is 32.2 Å². The van der Waals surface area contributed by atoms with Gasteiger partial charge in [0.15, 0.2) is 5.82 Å². The third-order valence-corrected chi connectivity index (χ3v) is 6.06. The van der Waals surface area contributed by atoms with Crippen LogP contribution in [0.3, 0.4) is 0 Å². The predicted molar refractivity (Wildman–Crippen MR) is 126 cm³/mol. The van der Waals surface area contributed by atoms with Gasteiger partial charge in [0.25, 0.3) is 0 Å². The number of allylic oxidation sites excluding steroid dienone is 2. The molecule has 0 atom stereocenters. The van der Waals surface area contributed by atoms with Crippen LogP contribution in [0.2, 0.25) is 0 Å². The van der Waals surface area contributed by atoms with Crippen molar-refractivity contribution in [2.24, 2.45) is 0 Å². The summed E-state index contributed by atoms with van der Waals surface area (Å²) in [5, 5.41) is 14.3. The highest BCUT2D eigenvalue weighted by Crippen LogP contribution is 2.35. The third-order valence-electron chi connectivity index (χ3n) is 6.06. The van der Waals surface area contributed by atoms with Gasteiger partial charge in [-0.25, -0.2) is 4.98 Å². The first-order valence-electron chi connectivity index (χ1n) is 11.4. The fourth-order valence-corrected chi connectivity index (χ4v) is 4.27. The van der Waals surface area contributed by atoms with Crippen molar-refractivity contribution in [2.75, 3.05) is 6.61 Å². The molecule has 2 aromatic carbocycles. The Bertz CT molecular complexity index is 1260. The molecular weight excluding hydrogens is 414 g/mol. The maximum absolute atomic E-state index is 6.24. The molecule has 33 heavy (non-hydrogen) atoms. The van der Waals surface area contributed by atoms with Crippen LogP contribution in [0.5, 0.6) is 5.75 Å². The Balaban J connectivity index is 1.24. The summed E-state index contributed by atoms with van der Waals surface area (Å²) in [7, 11) is 0. The minimum Gasteiger partial charge on any atom is -0.493 e. The van der Waals surface area contributed by atoms with E-state index in [1.807, 2.05) is 19.1 Å². The van der Waals surface area contributed by atoms with E-state index in [2.05, 4.69) is 64.0 Å². The third kappa shape index (κ3) is 4.72. The maximum Gasteiger partial charge on any atom is 0.226 e. The molecule has 0 bridgehead atoms. The summed E-state index contributed by atoms with van der Waals surface area (Å²) in [6, 6.07) is 14.5. The zero-order valence-electron chi connectivity index (χ0n) is 19.0. The second kappa shape index (κ2) is 9.40. The van der Waals surface area contributed by atoms with Crippen LogP contribution in [0.4, 0.5) is 0 Å². The molecule has 2 heterocycles. The molecule has 0 aliphatic heterocycles. The number of hydrogen-bond acceptors (Lipinski definition) is 6. The molecule has 0 saturated heterocycles. The van der Waals surface area contributed by atoms with Gasteiger partial charge in [0, 0.05) is 24.0 Å². The highest BCUT2D eigenvalue weighted by molar-refractivity contribution is 5.72. The smallest absolute Gasteiger partial charge is 0.226 e. The fraction of sp³-hybridized carbons (Fsp3) is 0.308. The van der Waals surface area contributed by atoms with Gasteiger partial charge < -0.3 is 9.15 Å². The Kier molecular flexibility index (Phi) is 6.02. The number of tetrazole rings is 1. The van der Waals surface area contributed by atoms with Crippen molar-refractivity contribution in [3.8, 4) is 17.2 Å². The van der Waals surface area contributed by atoms with Crippen LogP contribution in [0.1, 0.15) is 46.8 Å². The second-order valence-electron chi connectivity index (χ2n) is 8.36. The van der Waals surface area contributed by atoms with Crippen LogP contribution < -0.4 is 4.74 Å². The zero-order valence-corrected chi connectivity index (χ0v) is 19.0. The molecule has 168 valence electrons. The molecule has 0 saturated carbocycles. The first kappa shape index (κ1) is 21.1. The molecule has 5 rings (SSSR count). The number of nitrogens with one attached hydrogen (secondary N) is 1. The fourth-order valence-electron chi connectivity index (χ4n) is 4.27. The second-order valence-corrected chi connectivity index (χ2v) is 8.36. The summed E-state index contributed by atoms with van der Waals surface area (Å²) in [4.78, 5) is 4.71. The van der Waals surface area contributed by atoms with Crippen molar-refractivity contribution in [1.29, 1.82) is 0 Å². The first-order chi connectivity index (χ1) is 16.2. The minimum atomic E-state index is 0.555. The summed E-state index contributed by atoms with van der Waals surface area (Å²) in [5.41, 5.74) is 7.02. The molecule has 0 spiro atoms. The van der Waals surface area contributed by atoms with E-state index in [0.29, 0.717) is 18.9 Å². The first-order valence-corrected chi connectivity index (χ1v) is 11.4. The Morgan fingerprint density at radius 1 is 1.03 bits per heavy atom. The SMILES string of the molecule is Cc1ccc(-c2nc(CCOc3cccc4c3CCC=C4CCc3nn[nH]n3)c(C)o2)cc1. The Labute approximate surface area is 192 Å². The Morgan fingerprint density at radius 2 is 1.91 bits per heavy atom. The predicted octanol–water partition coefficient (Wildman–Crippen LogP) is 5.06. The van der Waals surface area contributed by atoms with E-state index >= 15 is 0 Å². The number of oxazole rings is 1. The van der Waals surface area contributed by atoms with Crippen LogP contribution in [0, 0.1) is 13.8 Å². The molecular formula is C26H27N5O2. The highest BCUT2D eigenvalue weighted by atomic mass is 16.5. The van der Waals surface area contributed by atoms with Gasteiger partial charge in [0.2, 0.25) is 5.89 Å². The van der Waals surface area contributed by atoms with Crippen molar-refractivity contribution < 1.29 is 9.15 Å². The zero-order chi connectivity index (χ0) is 22.6. The minimum absolute atomic E-state index is 0.555. The number of aromatic amines is 1. The van der Waals surface area contributed by atoms with Crippen molar-refractivity contribution in [3.05, 3.63) is 82.5 Å². The molecule has 1 N–H and O–H groups in total. The van der Waals surface area contributed by atoms with Gasteiger partial charge in [-0.1, -0.05) is 41.1 Å². The number of hydrogen-bond donors (Lipinski definition) is 1. The van der Waals surface area contributed by atoms with Crippen LogP contribution in [0.25, 0.3) is 17.0 Å². The summed E-state index contributed by atoms with van der Waals surface area (Å²) in [5.74, 6) is 3.20. The Morgan fingerprint density at radius 3 is 2.73 bits per heavy atom. The lowest BCUT2D eigenvalue weighted by molar-refractivity contribution is 0.316. The molecule has 0 unspecified atom stereocenters. The molecule has 7 heteroatoms. The summed E-state index contributed by atoms with van der Waals surface area (Å²) in [6.07, 6.45) is 6.66. The van der Waals surface area contributed by atoms with E-state index in [0.717, 1.165) is 54.3 Å². The number of aryl methyl sites for hydroxylation is 3. The number of nitrogens with zero attached hydrogens (tertiary/aromatic N) is 4. The summed E-state index contributed by atoms with van der Waals surface area (Å²) < 4.78 is 12.2. The van der Waals surface area contributed by atoms with E-state index in [1.54, 1.807) is 0 Å². The Hall–Kier alpha value is -3.74. The number of H-pyrrole nitrogens is 1. The van der Waals surface area contributed by atoms with Crippen LogP contribution in [-0.2, 0) is 19.3 Å². The van der Waals surface area contributed by atoms with Gasteiger partial charge in [-0.05, 0) is 62.4 Å². The molecule has 0 radical (unpaired) electrons. The van der Waals surface area contributed by atoms with Crippen molar-refractivity contribution in [1.82, 2.24) is 25.6 Å². The normalized spacial score (nSPS) is 13.0. The highest BCUT2D eigenvalue weighted by Gasteiger charge is 2.18. The van der Waals surface area contributed by atoms with Crippen molar-refractivity contribution in [3.63, 3.8) is 0 Å². The van der Waals surface area contributed by atoms with E-state index in [4.69, 9.17) is 14.1 Å². The molecule has 1 aliphatic carbocycles. The molecule has 4 aromatic rings. The van der Waals surface area contributed by atoms with Gasteiger partial charge in [-0.2, -0.15) is 5.21 Å². The van der Waals surface area contributed by atoms with Crippen molar-refractivity contribution in [2.45, 2.75) is 46.0 Å². The van der Waals surface area contributed by atoms with Gasteiger partial charge >= 0.3 is 0 Å². The number of fused-ring (bicyclic) bond motifs is 1. The topological polar surface area (TPSA) is 89.7 Å². The lowest BCUT2D eigenvalue weighted by atomic mass is 9.88. The molecule has 7 nitrogen and oxygen atoms in total. The van der Waals surface area contributed by atoms with E-state index in [1.165, 1.54) is 22.3 Å². The molecule has 1 aliphatic rings. The lowest BCUT2D eigenvalue weighted by Gasteiger charge is -2.21. The van der Waals surface area contributed by atoms with Crippen LogP contribution in [0.15, 0.2) is 53.0 Å². The van der Waals surface area contributed by atoms with Gasteiger partial charge in [-0.15, -0.1) is 10.2 Å². The van der Waals surface area contributed by atoms with E-state index in [9.17, 15) is 0 Å².